The van der Waals surface area contributed by atoms with Gasteiger partial charge in [0.2, 0.25) is 5.79 Å². The first-order chi connectivity index (χ1) is 10.5. The summed E-state index contributed by atoms with van der Waals surface area (Å²) in [4.78, 5) is 0. The van der Waals surface area contributed by atoms with Crippen molar-refractivity contribution in [2.24, 2.45) is 5.14 Å². The lowest BCUT2D eigenvalue weighted by Crippen LogP contribution is -2.60. The van der Waals surface area contributed by atoms with Crippen LogP contribution < -0.4 is 5.14 Å². The minimum Gasteiger partial charge on any atom is -0.391 e. The standard InChI is InChI=1S/C12H21NO9S/c1-10(2)21-9-8-7(19-11(3,5-14)20-8)4-17-12(9,22-10)6-18-23(13,15)16/h7-9,14H,4-6H2,1-3H3,(H2,13,15,16)/t7-,8-,9+,11-,12+/m1/s1. The summed E-state index contributed by atoms with van der Waals surface area (Å²) in [6, 6.07) is 0. The fraction of sp³-hybridized carbons (Fsp3) is 1.00. The Balaban J connectivity index is 1.87. The van der Waals surface area contributed by atoms with Crippen LogP contribution in [0.1, 0.15) is 20.8 Å². The van der Waals surface area contributed by atoms with Crippen molar-refractivity contribution in [2.75, 3.05) is 19.8 Å². The first kappa shape index (κ1) is 17.5. The molecule has 11 heteroatoms. The predicted molar refractivity (Wildman–Crippen MR) is 73.0 cm³/mol. The Morgan fingerprint density at radius 2 is 1.96 bits per heavy atom. The molecular weight excluding hydrogens is 334 g/mol. The summed E-state index contributed by atoms with van der Waals surface area (Å²) < 4.78 is 55.6. The van der Waals surface area contributed by atoms with Crippen LogP contribution >= 0.6 is 0 Å². The highest BCUT2D eigenvalue weighted by Crippen LogP contribution is 2.47. The third-order valence-electron chi connectivity index (χ3n) is 3.92. The molecule has 5 atom stereocenters. The van der Waals surface area contributed by atoms with Gasteiger partial charge in [0, 0.05) is 0 Å². The van der Waals surface area contributed by atoms with Crippen molar-refractivity contribution in [1.29, 1.82) is 0 Å². The molecular formula is C12H21NO9S. The van der Waals surface area contributed by atoms with Gasteiger partial charge in [-0.2, -0.15) is 8.42 Å². The Morgan fingerprint density at radius 1 is 1.26 bits per heavy atom. The largest absolute Gasteiger partial charge is 0.391 e. The topological polar surface area (TPSA) is 136 Å². The molecule has 0 spiro atoms. The lowest BCUT2D eigenvalue weighted by molar-refractivity contribution is -0.290. The second kappa shape index (κ2) is 5.31. The number of aliphatic hydroxyl groups excluding tert-OH is 1. The van der Waals surface area contributed by atoms with E-state index in [0.29, 0.717) is 0 Å². The van der Waals surface area contributed by atoms with Crippen LogP contribution in [0.2, 0.25) is 0 Å². The Kier molecular flexibility index (Phi) is 4.03. The highest BCUT2D eigenvalue weighted by molar-refractivity contribution is 7.84. The first-order valence-corrected chi connectivity index (χ1v) is 8.60. The number of fused-ring (bicyclic) bond motifs is 3. The van der Waals surface area contributed by atoms with E-state index in [1.54, 1.807) is 20.8 Å². The van der Waals surface area contributed by atoms with Gasteiger partial charge in [-0.3, -0.25) is 4.18 Å². The summed E-state index contributed by atoms with van der Waals surface area (Å²) in [6.07, 6.45) is -1.92. The van der Waals surface area contributed by atoms with Gasteiger partial charge in [-0.1, -0.05) is 0 Å². The van der Waals surface area contributed by atoms with E-state index in [9.17, 15) is 13.5 Å². The van der Waals surface area contributed by atoms with Gasteiger partial charge in [-0.05, 0) is 20.8 Å². The van der Waals surface area contributed by atoms with E-state index in [4.69, 9.17) is 28.8 Å². The van der Waals surface area contributed by atoms with Gasteiger partial charge in [-0.15, -0.1) is 0 Å². The van der Waals surface area contributed by atoms with Crippen LogP contribution in [0.3, 0.4) is 0 Å². The molecule has 0 aromatic heterocycles. The monoisotopic (exact) mass is 355 g/mol. The second-order valence-corrected chi connectivity index (χ2v) is 7.67. The molecule has 23 heavy (non-hydrogen) atoms. The number of ether oxygens (including phenoxy) is 5. The lowest BCUT2D eigenvalue weighted by Gasteiger charge is -2.40. The number of aliphatic hydroxyl groups is 1. The zero-order valence-electron chi connectivity index (χ0n) is 13.1. The highest BCUT2D eigenvalue weighted by Gasteiger charge is 2.66. The van der Waals surface area contributed by atoms with Crippen LogP contribution in [0.5, 0.6) is 0 Å². The van der Waals surface area contributed by atoms with E-state index in [1.165, 1.54) is 0 Å². The van der Waals surface area contributed by atoms with Gasteiger partial charge in [-0.25, -0.2) is 5.14 Å². The molecule has 0 aliphatic carbocycles. The zero-order chi connectivity index (χ0) is 17.1. The molecule has 3 heterocycles. The molecule has 10 nitrogen and oxygen atoms in total. The lowest BCUT2D eigenvalue weighted by atomic mass is 9.98. The zero-order valence-corrected chi connectivity index (χ0v) is 13.9. The molecule has 0 radical (unpaired) electrons. The number of nitrogens with two attached hydrogens (primary N) is 1. The third kappa shape index (κ3) is 3.25. The fourth-order valence-electron chi connectivity index (χ4n) is 3.10. The Bertz CT molecular complexity index is 581. The molecule has 3 aliphatic heterocycles. The van der Waals surface area contributed by atoms with Crippen molar-refractivity contribution in [3.05, 3.63) is 0 Å². The average Bonchev–Trinajstić information content (AvgIpc) is 2.90. The Morgan fingerprint density at radius 3 is 2.57 bits per heavy atom. The fourth-order valence-corrected chi connectivity index (χ4v) is 3.43. The average molecular weight is 355 g/mol. The van der Waals surface area contributed by atoms with Crippen molar-refractivity contribution in [2.45, 2.75) is 56.4 Å². The summed E-state index contributed by atoms with van der Waals surface area (Å²) in [5.41, 5.74) is 0. The molecule has 0 unspecified atom stereocenters. The first-order valence-electron chi connectivity index (χ1n) is 7.13. The number of rotatable bonds is 4. The normalized spacial score (nSPS) is 45.7. The van der Waals surface area contributed by atoms with Crippen molar-refractivity contribution in [3.8, 4) is 0 Å². The van der Waals surface area contributed by atoms with E-state index < -0.39 is 52.6 Å². The predicted octanol–water partition coefficient (Wildman–Crippen LogP) is -1.42. The van der Waals surface area contributed by atoms with Gasteiger partial charge >= 0.3 is 10.3 Å². The number of hydrogen-bond acceptors (Lipinski definition) is 9. The van der Waals surface area contributed by atoms with Crippen LogP contribution in [0.25, 0.3) is 0 Å². The van der Waals surface area contributed by atoms with E-state index in [1.807, 2.05) is 0 Å². The van der Waals surface area contributed by atoms with Crippen molar-refractivity contribution in [3.63, 3.8) is 0 Å². The third-order valence-corrected chi connectivity index (χ3v) is 4.36. The van der Waals surface area contributed by atoms with Gasteiger partial charge in [0.05, 0.1) is 13.2 Å². The highest BCUT2D eigenvalue weighted by atomic mass is 32.2. The molecule has 3 N–H and O–H groups in total. The molecule has 0 saturated carbocycles. The second-order valence-electron chi connectivity index (χ2n) is 6.45. The van der Waals surface area contributed by atoms with E-state index in [0.717, 1.165) is 0 Å². The van der Waals surface area contributed by atoms with Crippen LogP contribution in [-0.4, -0.2) is 69.0 Å². The Labute approximate surface area is 134 Å². The quantitative estimate of drug-likeness (QED) is 0.622. The van der Waals surface area contributed by atoms with Crippen molar-refractivity contribution >= 4 is 10.3 Å². The van der Waals surface area contributed by atoms with E-state index >= 15 is 0 Å². The molecule has 3 aliphatic rings. The van der Waals surface area contributed by atoms with Gasteiger partial charge in [0.25, 0.3) is 0 Å². The van der Waals surface area contributed by atoms with Gasteiger partial charge in [0.15, 0.2) is 11.6 Å². The maximum atomic E-state index is 11.1. The SMILES string of the molecule is CC1(C)O[C@H]2[C@@H]3O[C@](C)(CO)O[C@@H]3CO[C@@]2(COS(N)(=O)=O)O1. The van der Waals surface area contributed by atoms with Crippen molar-refractivity contribution in [1.82, 2.24) is 0 Å². The maximum absolute atomic E-state index is 11.1. The summed E-state index contributed by atoms with van der Waals surface area (Å²) in [5, 5.41) is 14.3. The van der Waals surface area contributed by atoms with Gasteiger partial charge < -0.3 is 28.8 Å². The molecule has 134 valence electrons. The van der Waals surface area contributed by atoms with Crippen LogP contribution in [0, 0.1) is 0 Å². The molecule has 0 aromatic rings. The van der Waals surface area contributed by atoms with Crippen molar-refractivity contribution < 1.29 is 41.4 Å². The van der Waals surface area contributed by atoms with E-state index in [-0.39, 0.29) is 13.2 Å². The number of hydrogen-bond donors (Lipinski definition) is 2. The summed E-state index contributed by atoms with van der Waals surface area (Å²) in [5.74, 6) is -3.74. The van der Waals surface area contributed by atoms with Crippen LogP contribution in [-0.2, 0) is 38.2 Å². The summed E-state index contributed by atoms with van der Waals surface area (Å²) in [6.45, 7) is 4.13. The molecule has 3 rings (SSSR count). The minimum absolute atomic E-state index is 0.0597. The van der Waals surface area contributed by atoms with Crippen LogP contribution in [0.15, 0.2) is 0 Å². The molecule has 0 aromatic carbocycles. The van der Waals surface area contributed by atoms with Gasteiger partial charge in [0.1, 0.15) is 24.9 Å². The molecule has 0 amide bonds. The van der Waals surface area contributed by atoms with E-state index in [2.05, 4.69) is 4.18 Å². The van der Waals surface area contributed by atoms with Crippen LogP contribution in [0.4, 0.5) is 0 Å². The smallest absolute Gasteiger partial charge is 0.333 e. The molecule has 3 fully saturated rings. The Hall–Kier alpha value is -0.370. The summed E-state index contributed by atoms with van der Waals surface area (Å²) in [7, 11) is -4.18. The maximum Gasteiger partial charge on any atom is 0.333 e. The minimum atomic E-state index is -4.18. The molecule has 3 saturated heterocycles. The summed E-state index contributed by atoms with van der Waals surface area (Å²) >= 11 is 0. The molecule has 0 bridgehead atoms.